The van der Waals surface area contributed by atoms with E-state index in [1.54, 1.807) is 23.7 Å². The molecule has 0 saturated carbocycles. The third-order valence-electron chi connectivity index (χ3n) is 3.28. The number of imidazole rings is 1. The van der Waals surface area contributed by atoms with Crippen LogP contribution in [0.4, 0.5) is 0 Å². The van der Waals surface area contributed by atoms with E-state index < -0.39 is 0 Å². The van der Waals surface area contributed by atoms with E-state index in [-0.39, 0.29) is 6.10 Å². The van der Waals surface area contributed by atoms with E-state index >= 15 is 0 Å². The van der Waals surface area contributed by atoms with Crippen LogP contribution in [0.15, 0.2) is 42.2 Å². The Morgan fingerprint density at radius 3 is 2.95 bits per heavy atom. The van der Waals surface area contributed by atoms with Gasteiger partial charge in [0.05, 0.1) is 12.2 Å². The van der Waals surface area contributed by atoms with Crippen LogP contribution in [0.2, 0.25) is 0 Å². The summed E-state index contributed by atoms with van der Waals surface area (Å²) in [6, 6.07) is 5.83. The molecule has 0 aromatic carbocycles. The maximum atomic E-state index is 5.59. The molecule has 5 nitrogen and oxygen atoms in total. The highest BCUT2D eigenvalue weighted by Gasteiger charge is 2.12. The molecule has 1 atom stereocenters. The first-order valence-electron chi connectivity index (χ1n) is 7.26. The summed E-state index contributed by atoms with van der Waals surface area (Å²) in [5.41, 5.74) is 1.88. The second-order valence-corrected chi connectivity index (χ2v) is 5.76. The second-order valence-electron chi connectivity index (χ2n) is 4.87. The first kappa shape index (κ1) is 14.9. The SMILES string of the molecule is CCO[C@@H](C)c1nc(Cn2ccnc2-c2ccccn2)cs1. The molecule has 0 saturated heterocycles. The van der Waals surface area contributed by atoms with E-state index in [4.69, 9.17) is 4.74 Å². The summed E-state index contributed by atoms with van der Waals surface area (Å²) in [5.74, 6) is 0.855. The molecule has 6 heteroatoms. The molecule has 0 amide bonds. The highest BCUT2D eigenvalue weighted by molar-refractivity contribution is 7.09. The maximum Gasteiger partial charge on any atom is 0.158 e. The van der Waals surface area contributed by atoms with Gasteiger partial charge in [-0.3, -0.25) is 4.98 Å². The van der Waals surface area contributed by atoms with Gasteiger partial charge >= 0.3 is 0 Å². The first-order valence-corrected chi connectivity index (χ1v) is 8.14. The predicted octanol–water partition coefficient (Wildman–Crippen LogP) is 3.55. The number of aromatic nitrogens is 4. The minimum absolute atomic E-state index is 0.0433. The summed E-state index contributed by atoms with van der Waals surface area (Å²) < 4.78 is 7.65. The van der Waals surface area contributed by atoms with Gasteiger partial charge in [-0.15, -0.1) is 11.3 Å². The summed E-state index contributed by atoms with van der Waals surface area (Å²) in [6.45, 7) is 5.40. The monoisotopic (exact) mass is 314 g/mol. The first-order chi connectivity index (χ1) is 10.8. The van der Waals surface area contributed by atoms with E-state index in [0.717, 1.165) is 22.2 Å². The van der Waals surface area contributed by atoms with Gasteiger partial charge in [0.1, 0.15) is 16.8 Å². The Labute approximate surface area is 133 Å². The van der Waals surface area contributed by atoms with Crippen molar-refractivity contribution >= 4 is 11.3 Å². The molecule has 0 N–H and O–H groups in total. The van der Waals surface area contributed by atoms with Crippen molar-refractivity contribution < 1.29 is 4.74 Å². The Bertz CT molecular complexity index is 723. The summed E-state index contributed by atoms with van der Waals surface area (Å²) in [7, 11) is 0. The molecule has 3 aromatic rings. The van der Waals surface area contributed by atoms with Crippen LogP contribution >= 0.6 is 11.3 Å². The van der Waals surface area contributed by atoms with Gasteiger partial charge in [-0.2, -0.15) is 0 Å². The lowest BCUT2D eigenvalue weighted by Gasteiger charge is -2.07. The predicted molar refractivity (Wildman–Crippen MR) is 86.7 cm³/mol. The molecular weight excluding hydrogens is 296 g/mol. The number of hydrogen-bond acceptors (Lipinski definition) is 5. The number of nitrogens with zero attached hydrogens (tertiary/aromatic N) is 4. The topological polar surface area (TPSA) is 52.8 Å². The van der Waals surface area contributed by atoms with Crippen LogP contribution < -0.4 is 0 Å². The molecule has 0 radical (unpaired) electrons. The molecule has 0 aliphatic heterocycles. The molecule has 0 unspecified atom stereocenters. The van der Waals surface area contributed by atoms with Crippen LogP contribution in [0.25, 0.3) is 11.5 Å². The lowest BCUT2D eigenvalue weighted by molar-refractivity contribution is 0.0761. The molecule has 22 heavy (non-hydrogen) atoms. The quantitative estimate of drug-likeness (QED) is 0.698. The van der Waals surface area contributed by atoms with Crippen LogP contribution in [0.1, 0.15) is 30.7 Å². The molecule has 0 fully saturated rings. The summed E-state index contributed by atoms with van der Waals surface area (Å²) in [5, 5.41) is 3.09. The molecule has 3 heterocycles. The van der Waals surface area contributed by atoms with Gasteiger partial charge in [-0.25, -0.2) is 9.97 Å². The van der Waals surface area contributed by atoms with E-state index in [1.807, 2.05) is 38.2 Å². The third kappa shape index (κ3) is 3.23. The van der Waals surface area contributed by atoms with Crippen LogP contribution in [0.5, 0.6) is 0 Å². The molecule has 0 aliphatic carbocycles. The lowest BCUT2D eigenvalue weighted by atomic mass is 10.3. The van der Waals surface area contributed by atoms with Crippen molar-refractivity contribution in [2.75, 3.05) is 6.61 Å². The van der Waals surface area contributed by atoms with Crippen molar-refractivity contribution in [3.05, 3.63) is 52.9 Å². The molecule has 3 rings (SSSR count). The Morgan fingerprint density at radius 1 is 1.27 bits per heavy atom. The maximum absolute atomic E-state index is 5.59. The van der Waals surface area contributed by atoms with Gasteiger partial charge in [0.25, 0.3) is 0 Å². The Kier molecular flexibility index (Phi) is 4.60. The lowest BCUT2D eigenvalue weighted by Crippen LogP contribution is -2.03. The zero-order valence-electron chi connectivity index (χ0n) is 12.6. The van der Waals surface area contributed by atoms with Gasteiger partial charge in [0, 0.05) is 30.6 Å². The molecule has 0 spiro atoms. The van der Waals surface area contributed by atoms with Gasteiger partial charge in [-0.1, -0.05) is 6.07 Å². The van der Waals surface area contributed by atoms with Crippen LogP contribution in [0, 0.1) is 0 Å². The zero-order valence-corrected chi connectivity index (χ0v) is 13.5. The van der Waals surface area contributed by atoms with E-state index in [0.29, 0.717) is 13.2 Å². The molecule has 0 bridgehead atoms. The highest BCUT2D eigenvalue weighted by atomic mass is 32.1. The molecule has 114 valence electrons. The highest BCUT2D eigenvalue weighted by Crippen LogP contribution is 2.22. The van der Waals surface area contributed by atoms with Crippen molar-refractivity contribution in [3.8, 4) is 11.5 Å². The van der Waals surface area contributed by atoms with Gasteiger partial charge in [0.15, 0.2) is 5.82 Å². The van der Waals surface area contributed by atoms with Gasteiger partial charge in [0.2, 0.25) is 0 Å². The van der Waals surface area contributed by atoms with Crippen molar-refractivity contribution in [1.82, 2.24) is 19.5 Å². The number of rotatable bonds is 6. The molecule has 0 aliphatic rings. The second kappa shape index (κ2) is 6.81. The van der Waals surface area contributed by atoms with Crippen LogP contribution in [-0.2, 0) is 11.3 Å². The fraction of sp³-hybridized carbons (Fsp3) is 0.312. The number of hydrogen-bond donors (Lipinski definition) is 0. The van der Waals surface area contributed by atoms with Crippen LogP contribution in [0.3, 0.4) is 0 Å². The fourth-order valence-electron chi connectivity index (χ4n) is 2.24. The minimum Gasteiger partial charge on any atom is -0.372 e. The average Bonchev–Trinajstić information content (AvgIpc) is 3.18. The van der Waals surface area contributed by atoms with Gasteiger partial charge in [-0.05, 0) is 26.0 Å². The average molecular weight is 314 g/mol. The van der Waals surface area contributed by atoms with Crippen molar-refractivity contribution in [2.24, 2.45) is 0 Å². The zero-order chi connectivity index (χ0) is 15.4. The van der Waals surface area contributed by atoms with Gasteiger partial charge < -0.3 is 9.30 Å². The number of pyridine rings is 1. The number of ether oxygens (including phenoxy) is 1. The van der Waals surface area contributed by atoms with Crippen molar-refractivity contribution in [2.45, 2.75) is 26.5 Å². The summed E-state index contributed by atoms with van der Waals surface area (Å²) in [4.78, 5) is 13.4. The summed E-state index contributed by atoms with van der Waals surface area (Å²) >= 11 is 1.64. The van der Waals surface area contributed by atoms with Crippen molar-refractivity contribution in [3.63, 3.8) is 0 Å². The largest absolute Gasteiger partial charge is 0.372 e. The Hall–Kier alpha value is -2.05. The minimum atomic E-state index is 0.0433. The Balaban J connectivity index is 1.79. The fourth-order valence-corrected chi connectivity index (χ4v) is 3.06. The molecular formula is C16H18N4OS. The standard InChI is InChI=1S/C16H18N4OS/c1-3-21-12(2)16-19-13(11-22-16)10-20-9-8-18-15(20)14-6-4-5-7-17-14/h4-9,11-12H,3,10H2,1-2H3/t12-/m0/s1. The van der Waals surface area contributed by atoms with E-state index in [9.17, 15) is 0 Å². The summed E-state index contributed by atoms with van der Waals surface area (Å²) in [6.07, 6.45) is 5.57. The smallest absolute Gasteiger partial charge is 0.158 e. The van der Waals surface area contributed by atoms with Crippen LogP contribution in [-0.4, -0.2) is 26.1 Å². The Morgan fingerprint density at radius 2 is 2.18 bits per heavy atom. The normalized spacial score (nSPS) is 12.5. The number of thiazole rings is 1. The van der Waals surface area contributed by atoms with E-state index in [1.165, 1.54) is 0 Å². The van der Waals surface area contributed by atoms with Crippen molar-refractivity contribution in [1.29, 1.82) is 0 Å². The third-order valence-corrected chi connectivity index (χ3v) is 4.33. The van der Waals surface area contributed by atoms with E-state index in [2.05, 4.69) is 24.9 Å². The molecule has 3 aromatic heterocycles.